The number of nitrogens with one attached hydrogen (secondary N) is 1. The normalized spacial score (nSPS) is 13.3. The molecule has 4 N–H and O–H groups in total. The van der Waals surface area contributed by atoms with Crippen LogP contribution >= 0.6 is 0 Å². The summed E-state index contributed by atoms with van der Waals surface area (Å²) in [5.74, 6) is 4.73. The van der Waals surface area contributed by atoms with Gasteiger partial charge in [-0.2, -0.15) is 0 Å². The van der Waals surface area contributed by atoms with Gasteiger partial charge >= 0.3 is 0 Å². The molecule has 0 aliphatic carbocycles. The van der Waals surface area contributed by atoms with Crippen molar-refractivity contribution in [3.8, 4) is 0 Å². The molecule has 0 aromatic heterocycles. The van der Waals surface area contributed by atoms with Crippen molar-refractivity contribution >= 4 is 5.91 Å². The number of nitrogens with two attached hydrogens (primary N) is 1. The first-order valence-corrected chi connectivity index (χ1v) is 6.87. The zero-order valence-corrected chi connectivity index (χ0v) is 12.5. The van der Waals surface area contributed by atoms with Gasteiger partial charge in [0.05, 0.1) is 11.5 Å². The second-order valence-electron chi connectivity index (χ2n) is 5.61. The molecule has 0 saturated carbocycles. The highest BCUT2D eigenvalue weighted by molar-refractivity contribution is 5.83. The number of hydrogen-bond donors (Lipinski definition) is 3. The molecule has 0 saturated heterocycles. The highest BCUT2D eigenvalue weighted by Gasteiger charge is 2.25. The highest BCUT2D eigenvalue weighted by Crippen LogP contribution is 2.18. The van der Waals surface area contributed by atoms with E-state index < -0.39 is 5.60 Å². The molecule has 112 valence electrons. The predicted octanol–water partition coefficient (Wildman–Crippen LogP) is 0.853. The van der Waals surface area contributed by atoms with E-state index in [4.69, 9.17) is 5.84 Å². The van der Waals surface area contributed by atoms with Crippen LogP contribution in [0.2, 0.25) is 0 Å². The molecule has 0 fully saturated rings. The van der Waals surface area contributed by atoms with Crippen molar-refractivity contribution in [1.82, 2.24) is 10.3 Å². The molecule has 0 aliphatic rings. The minimum absolute atomic E-state index is 0.217. The zero-order valence-electron chi connectivity index (χ0n) is 12.5. The van der Waals surface area contributed by atoms with Crippen molar-refractivity contribution < 1.29 is 9.90 Å². The number of rotatable bonds is 7. The van der Waals surface area contributed by atoms with Gasteiger partial charge in [0.2, 0.25) is 5.91 Å². The highest BCUT2D eigenvalue weighted by atomic mass is 16.3. The first kappa shape index (κ1) is 16.6. The Morgan fingerprint density at radius 3 is 2.45 bits per heavy atom. The third-order valence-corrected chi connectivity index (χ3v) is 3.16. The van der Waals surface area contributed by atoms with Gasteiger partial charge in [0.25, 0.3) is 0 Å². The zero-order chi connectivity index (χ0) is 15.2. The fourth-order valence-electron chi connectivity index (χ4n) is 2.24. The maximum atomic E-state index is 12.0. The molecule has 1 amide bonds. The number of carbonyl (C=O) groups excluding carboxylic acids is 1. The molecular weight excluding hydrogens is 254 g/mol. The molecule has 1 rings (SSSR count). The monoisotopic (exact) mass is 279 g/mol. The molecule has 5 heteroatoms. The van der Waals surface area contributed by atoms with Gasteiger partial charge < -0.3 is 5.11 Å². The largest absolute Gasteiger partial charge is 0.389 e. The molecule has 1 aromatic carbocycles. The van der Waals surface area contributed by atoms with E-state index in [1.165, 1.54) is 0 Å². The quantitative estimate of drug-likeness (QED) is 0.393. The Morgan fingerprint density at radius 1 is 1.40 bits per heavy atom. The van der Waals surface area contributed by atoms with E-state index in [1.54, 1.807) is 13.8 Å². The standard InChI is InChI=1S/C15H25N3O2/c1-4-18(11-15(2,3)20)10-13(14(19)17-16)12-8-6-5-7-9-12/h5-9,13,20H,4,10-11,16H2,1-3H3,(H,17,19). The Labute approximate surface area is 120 Å². The summed E-state index contributed by atoms with van der Waals surface area (Å²) in [5, 5.41) is 9.93. The number of likely N-dealkylation sites (N-methyl/N-ethyl adjacent to an activating group) is 1. The Balaban J connectivity index is 2.87. The number of nitrogens with zero attached hydrogens (tertiary/aromatic N) is 1. The van der Waals surface area contributed by atoms with Crippen molar-refractivity contribution in [1.29, 1.82) is 0 Å². The van der Waals surface area contributed by atoms with E-state index in [0.717, 1.165) is 12.1 Å². The van der Waals surface area contributed by atoms with E-state index in [9.17, 15) is 9.90 Å². The average molecular weight is 279 g/mol. The van der Waals surface area contributed by atoms with Crippen LogP contribution in [0.5, 0.6) is 0 Å². The van der Waals surface area contributed by atoms with Gasteiger partial charge in [-0.3, -0.25) is 15.1 Å². The van der Waals surface area contributed by atoms with Crippen LogP contribution in [0.25, 0.3) is 0 Å². The fraction of sp³-hybridized carbons (Fsp3) is 0.533. The number of aliphatic hydroxyl groups is 1. The van der Waals surface area contributed by atoms with Crippen LogP contribution < -0.4 is 11.3 Å². The Morgan fingerprint density at radius 2 is 2.00 bits per heavy atom. The lowest BCUT2D eigenvalue weighted by Crippen LogP contribution is -2.44. The third kappa shape index (κ3) is 5.28. The van der Waals surface area contributed by atoms with Crippen molar-refractivity contribution in [3.05, 3.63) is 35.9 Å². The summed E-state index contributed by atoms with van der Waals surface area (Å²) in [7, 11) is 0. The van der Waals surface area contributed by atoms with Crippen LogP contribution in [0.1, 0.15) is 32.3 Å². The average Bonchev–Trinajstić information content (AvgIpc) is 2.42. The topological polar surface area (TPSA) is 78.6 Å². The molecule has 0 spiro atoms. The van der Waals surface area contributed by atoms with Crippen molar-refractivity contribution in [2.75, 3.05) is 19.6 Å². The van der Waals surface area contributed by atoms with Crippen LogP contribution in [0.4, 0.5) is 0 Å². The van der Waals surface area contributed by atoms with Gasteiger partial charge in [-0.05, 0) is 26.0 Å². The summed E-state index contributed by atoms with van der Waals surface area (Å²) in [6.45, 7) is 7.31. The number of hydrogen-bond acceptors (Lipinski definition) is 4. The van der Waals surface area contributed by atoms with Crippen LogP contribution in [-0.2, 0) is 4.79 Å². The van der Waals surface area contributed by atoms with Crippen LogP contribution in [0.3, 0.4) is 0 Å². The Hall–Kier alpha value is -1.43. The van der Waals surface area contributed by atoms with Crippen LogP contribution in [0.15, 0.2) is 30.3 Å². The van der Waals surface area contributed by atoms with Crippen LogP contribution in [0, 0.1) is 0 Å². The minimum atomic E-state index is -0.795. The maximum Gasteiger partial charge on any atom is 0.242 e. The smallest absolute Gasteiger partial charge is 0.242 e. The summed E-state index contributed by atoms with van der Waals surface area (Å²) < 4.78 is 0. The van der Waals surface area contributed by atoms with Gasteiger partial charge in [-0.15, -0.1) is 0 Å². The Kier molecular flexibility index (Phi) is 6.13. The molecule has 0 bridgehead atoms. The molecular formula is C15H25N3O2. The van der Waals surface area contributed by atoms with Gasteiger partial charge in [0.1, 0.15) is 0 Å². The summed E-state index contributed by atoms with van der Waals surface area (Å²) in [6, 6.07) is 9.54. The van der Waals surface area contributed by atoms with Crippen molar-refractivity contribution in [3.63, 3.8) is 0 Å². The number of benzene rings is 1. The second kappa shape index (κ2) is 7.38. The predicted molar refractivity (Wildman–Crippen MR) is 79.9 cm³/mol. The molecule has 0 aliphatic heterocycles. The SMILES string of the molecule is CCN(CC(C(=O)NN)c1ccccc1)CC(C)(C)O. The molecule has 0 heterocycles. The van der Waals surface area contributed by atoms with E-state index >= 15 is 0 Å². The summed E-state index contributed by atoms with van der Waals surface area (Å²) in [5.41, 5.74) is 2.35. The minimum Gasteiger partial charge on any atom is -0.389 e. The fourth-order valence-corrected chi connectivity index (χ4v) is 2.24. The number of amides is 1. The molecule has 20 heavy (non-hydrogen) atoms. The van der Waals surface area contributed by atoms with Crippen LogP contribution in [-0.4, -0.2) is 41.1 Å². The number of carbonyl (C=O) groups is 1. The summed E-state index contributed by atoms with van der Waals surface area (Å²) >= 11 is 0. The number of hydrazine groups is 1. The van der Waals surface area contributed by atoms with Crippen molar-refractivity contribution in [2.24, 2.45) is 5.84 Å². The lowest BCUT2D eigenvalue weighted by molar-refractivity contribution is -0.123. The maximum absolute atomic E-state index is 12.0. The van der Waals surface area contributed by atoms with Gasteiger partial charge in [-0.1, -0.05) is 37.3 Å². The Bertz CT molecular complexity index is 415. The molecule has 1 atom stereocenters. The van der Waals surface area contributed by atoms with Gasteiger partial charge in [-0.25, -0.2) is 5.84 Å². The molecule has 0 radical (unpaired) electrons. The van der Waals surface area contributed by atoms with E-state index in [-0.39, 0.29) is 11.8 Å². The second-order valence-corrected chi connectivity index (χ2v) is 5.61. The molecule has 1 aromatic rings. The lowest BCUT2D eigenvalue weighted by atomic mass is 9.97. The molecule has 5 nitrogen and oxygen atoms in total. The first-order valence-electron chi connectivity index (χ1n) is 6.87. The third-order valence-electron chi connectivity index (χ3n) is 3.16. The van der Waals surface area contributed by atoms with E-state index in [1.807, 2.05) is 42.2 Å². The first-order chi connectivity index (χ1) is 9.37. The van der Waals surface area contributed by atoms with Gasteiger partial charge in [0.15, 0.2) is 0 Å². The summed E-state index contributed by atoms with van der Waals surface area (Å²) in [6.07, 6.45) is 0. The van der Waals surface area contributed by atoms with Crippen molar-refractivity contribution in [2.45, 2.75) is 32.3 Å². The van der Waals surface area contributed by atoms with E-state index in [0.29, 0.717) is 13.1 Å². The molecule has 1 unspecified atom stereocenters. The van der Waals surface area contributed by atoms with E-state index in [2.05, 4.69) is 5.43 Å². The van der Waals surface area contributed by atoms with Gasteiger partial charge in [0, 0.05) is 13.1 Å². The lowest BCUT2D eigenvalue weighted by Gasteiger charge is -2.30. The summed E-state index contributed by atoms with van der Waals surface area (Å²) in [4.78, 5) is 14.1.